The lowest BCUT2D eigenvalue weighted by Crippen LogP contribution is -2.14. The fraction of sp³-hybridized carbons (Fsp3) is 0. The fourth-order valence-electron chi connectivity index (χ4n) is 2.68. The molecule has 0 aromatic heterocycles. The average Bonchev–Trinajstić information content (AvgIpc) is 2.80. The average molecular weight is 518 g/mol. The van der Waals surface area contributed by atoms with E-state index in [-0.39, 0.29) is 27.6 Å². The van der Waals surface area contributed by atoms with Gasteiger partial charge in [-0.25, -0.2) is 0 Å². The van der Waals surface area contributed by atoms with Crippen molar-refractivity contribution in [1.29, 1.82) is 5.26 Å². The Labute approximate surface area is 204 Å². The molecule has 1 amide bonds. The first-order chi connectivity index (χ1) is 16.1. The number of carbonyl (C=O) groups excluding carboxylic acids is 1. The van der Waals surface area contributed by atoms with Crippen LogP contribution in [-0.2, 0) is 14.9 Å². The van der Waals surface area contributed by atoms with Gasteiger partial charge in [-0.15, -0.1) is 0 Å². The van der Waals surface area contributed by atoms with Crippen LogP contribution in [0.5, 0.6) is 5.75 Å². The van der Waals surface area contributed by atoms with Crippen molar-refractivity contribution < 1.29 is 22.3 Å². The van der Waals surface area contributed by atoms with Crippen LogP contribution in [0.4, 0.5) is 11.4 Å². The molecule has 0 bridgehead atoms. The minimum atomic E-state index is -4.46. The summed E-state index contributed by atoms with van der Waals surface area (Å²) in [6.45, 7) is 0. The van der Waals surface area contributed by atoms with E-state index in [0.717, 1.165) is 24.3 Å². The molecule has 1 N–H and O–H groups in total. The molecule has 0 unspecified atom stereocenters. The van der Waals surface area contributed by atoms with Crippen molar-refractivity contribution in [2.24, 2.45) is 0 Å². The number of nitriles is 1. The van der Waals surface area contributed by atoms with E-state index >= 15 is 0 Å². The molecule has 3 aromatic rings. The molecule has 0 atom stereocenters. The molecule has 0 aliphatic rings. The van der Waals surface area contributed by atoms with E-state index in [9.17, 15) is 28.6 Å². The van der Waals surface area contributed by atoms with Crippen molar-refractivity contribution in [1.82, 2.24) is 0 Å². The molecule has 0 radical (unpaired) electrons. The van der Waals surface area contributed by atoms with Gasteiger partial charge in [-0.3, -0.25) is 14.9 Å². The van der Waals surface area contributed by atoms with Gasteiger partial charge < -0.3 is 9.50 Å². The number of hydrogen-bond donors (Lipinski definition) is 1. The molecule has 172 valence electrons. The maximum Gasteiger partial charge on any atom is 0.339 e. The first-order valence-electron chi connectivity index (χ1n) is 9.27. The van der Waals surface area contributed by atoms with Crippen molar-refractivity contribution in [3.63, 3.8) is 0 Å². The van der Waals surface area contributed by atoms with Crippen molar-refractivity contribution in [2.45, 2.75) is 4.90 Å². The van der Waals surface area contributed by atoms with E-state index in [1.165, 1.54) is 42.5 Å². The summed E-state index contributed by atoms with van der Waals surface area (Å²) in [5.74, 6) is -1.02. The lowest BCUT2D eigenvalue weighted by molar-refractivity contribution is -0.385. The molecule has 0 spiro atoms. The Kier molecular flexibility index (Phi) is 7.53. The number of carbonyl (C=O) groups is 1. The van der Waals surface area contributed by atoms with Crippen LogP contribution in [-0.4, -0.2) is 19.2 Å². The number of non-ortho nitro benzene ring substituents is 1. The standard InChI is InChI=1S/C22H13Cl2N3O6S/c23-16-8-9-19(24)20(11-16)26-22(28)15(13-25)10-14-4-1-2-7-21(14)33-34(31,32)18-6-3-5-17(12-18)27(29)30/h1-12H,(H,26,28)/b15-10-. The van der Waals surface area contributed by atoms with Gasteiger partial charge in [0.05, 0.1) is 15.6 Å². The largest absolute Gasteiger partial charge is 0.378 e. The van der Waals surface area contributed by atoms with E-state index in [2.05, 4.69) is 5.32 Å². The highest BCUT2D eigenvalue weighted by molar-refractivity contribution is 7.87. The molecule has 3 aromatic carbocycles. The molecule has 0 saturated carbocycles. The zero-order valence-electron chi connectivity index (χ0n) is 16.9. The van der Waals surface area contributed by atoms with E-state index in [1.54, 1.807) is 12.1 Å². The van der Waals surface area contributed by atoms with Crippen LogP contribution in [0.1, 0.15) is 5.56 Å². The summed E-state index contributed by atoms with van der Waals surface area (Å²) in [6, 6.07) is 16.2. The number of hydrogen-bond acceptors (Lipinski definition) is 7. The Morgan fingerprint density at radius 2 is 1.82 bits per heavy atom. The van der Waals surface area contributed by atoms with Gasteiger partial charge in [-0.05, 0) is 36.4 Å². The molecule has 0 saturated heterocycles. The van der Waals surface area contributed by atoms with Gasteiger partial charge in [0.2, 0.25) is 0 Å². The predicted molar refractivity (Wildman–Crippen MR) is 126 cm³/mol. The minimum absolute atomic E-state index is 0.0976. The number of nitrogens with zero attached hydrogens (tertiary/aromatic N) is 2. The topological polar surface area (TPSA) is 139 Å². The summed E-state index contributed by atoms with van der Waals surface area (Å²) in [7, 11) is -4.46. The van der Waals surface area contributed by atoms with E-state index in [4.69, 9.17) is 27.4 Å². The zero-order valence-corrected chi connectivity index (χ0v) is 19.3. The molecular weight excluding hydrogens is 505 g/mol. The summed E-state index contributed by atoms with van der Waals surface area (Å²) < 4.78 is 30.5. The van der Waals surface area contributed by atoms with Crippen LogP contribution in [0.25, 0.3) is 6.08 Å². The van der Waals surface area contributed by atoms with Crippen molar-refractivity contribution >= 4 is 56.7 Å². The van der Waals surface area contributed by atoms with Crippen LogP contribution >= 0.6 is 23.2 Å². The molecule has 9 nitrogen and oxygen atoms in total. The number of benzene rings is 3. The molecule has 12 heteroatoms. The Balaban J connectivity index is 1.92. The number of nitro groups is 1. The number of para-hydroxylation sites is 1. The summed E-state index contributed by atoms with van der Waals surface area (Å²) >= 11 is 11.9. The second-order valence-electron chi connectivity index (χ2n) is 6.58. The Hall–Kier alpha value is -3.91. The summed E-state index contributed by atoms with van der Waals surface area (Å²) in [5, 5.41) is 23.4. The van der Waals surface area contributed by atoms with E-state index in [1.807, 2.05) is 0 Å². The van der Waals surface area contributed by atoms with Gasteiger partial charge in [0.1, 0.15) is 22.3 Å². The molecule has 34 heavy (non-hydrogen) atoms. The normalized spacial score (nSPS) is 11.4. The van der Waals surface area contributed by atoms with Gasteiger partial charge in [-0.2, -0.15) is 13.7 Å². The highest BCUT2D eigenvalue weighted by Crippen LogP contribution is 2.28. The number of rotatable bonds is 7. The summed E-state index contributed by atoms with van der Waals surface area (Å²) in [6.07, 6.45) is 1.13. The highest BCUT2D eigenvalue weighted by Gasteiger charge is 2.21. The second kappa shape index (κ2) is 10.4. The number of anilines is 1. The Morgan fingerprint density at radius 3 is 2.53 bits per heavy atom. The Bertz CT molecular complexity index is 1470. The van der Waals surface area contributed by atoms with Gasteiger partial charge >= 0.3 is 10.1 Å². The van der Waals surface area contributed by atoms with Crippen LogP contribution in [0.2, 0.25) is 10.0 Å². The monoisotopic (exact) mass is 517 g/mol. The maximum atomic E-state index is 12.7. The molecule has 0 heterocycles. The number of halogens is 2. The first-order valence-corrected chi connectivity index (χ1v) is 11.4. The van der Waals surface area contributed by atoms with Crippen LogP contribution in [0.15, 0.2) is 77.2 Å². The lowest BCUT2D eigenvalue weighted by atomic mass is 10.1. The van der Waals surface area contributed by atoms with Crippen LogP contribution in [0, 0.1) is 21.4 Å². The van der Waals surface area contributed by atoms with Crippen LogP contribution in [0.3, 0.4) is 0 Å². The molecule has 0 aliphatic carbocycles. The zero-order chi connectivity index (χ0) is 24.9. The second-order valence-corrected chi connectivity index (χ2v) is 8.97. The lowest BCUT2D eigenvalue weighted by Gasteiger charge is -2.10. The first kappa shape index (κ1) is 24.7. The third-order valence-corrected chi connectivity index (χ3v) is 6.07. The van der Waals surface area contributed by atoms with E-state index in [0.29, 0.717) is 5.02 Å². The Morgan fingerprint density at radius 1 is 1.09 bits per heavy atom. The van der Waals surface area contributed by atoms with E-state index < -0.39 is 31.5 Å². The van der Waals surface area contributed by atoms with Gasteiger partial charge in [0.25, 0.3) is 11.6 Å². The molecule has 0 fully saturated rings. The van der Waals surface area contributed by atoms with Crippen molar-refractivity contribution in [3.8, 4) is 11.8 Å². The van der Waals surface area contributed by atoms with Crippen molar-refractivity contribution in [2.75, 3.05) is 5.32 Å². The molecular formula is C22H13Cl2N3O6S. The predicted octanol–water partition coefficient (Wildman–Crippen LogP) is 5.21. The third-order valence-electron chi connectivity index (χ3n) is 4.28. The number of amides is 1. The highest BCUT2D eigenvalue weighted by atomic mass is 35.5. The van der Waals surface area contributed by atoms with Gasteiger partial charge in [0, 0.05) is 22.7 Å². The maximum absolute atomic E-state index is 12.7. The molecule has 3 rings (SSSR count). The number of nitrogens with one attached hydrogen (secondary N) is 1. The number of nitro benzene ring substituents is 1. The smallest absolute Gasteiger partial charge is 0.339 e. The quantitative estimate of drug-likeness (QED) is 0.149. The molecule has 0 aliphatic heterocycles. The fourth-order valence-corrected chi connectivity index (χ4v) is 4.01. The minimum Gasteiger partial charge on any atom is -0.378 e. The third kappa shape index (κ3) is 5.90. The SMILES string of the molecule is N#C/C(=C/c1ccccc1OS(=O)(=O)c1cccc([N+](=O)[O-])c1)C(=O)Nc1cc(Cl)ccc1Cl. The summed E-state index contributed by atoms with van der Waals surface area (Å²) in [5.41, 5.74) is -0.528. The van der Waals surface area contributed by atoms with Gasteiger partial charge in [0.15, 0.2) is 0 Å². The van der Waals surface area contributed by atoms with Crippen molar-refractivity contribution in [3.05, 3.63) is 98.0 Å². The van der Waals surface area contributed by atoms with Crippen LogP contribution < -0.4 is 9.50 Å². The summed E-state index contributed by atoms with van der Waals surface area (Å²) in [4.78, 5) is 22.4. The van der Waals surface area contributed by atoms with Gasteiger partial charge in [-0.1, -0.05) is 47.5 Å².